The second-order valence-electron chi connectivity index (χ2n) is 4.35. The summed E-state index contributed by atoms with van der Waals surface area (Å²) in [7, 11) is 1.63. The van der Waals surface area contributed by atoms with E-state index in [1.54, 1.807) is 19.4 Å². The van der Waals surface area contributed by atoms with Crippen LogP contribution in [0.4, 0.5) is 4.39 Å². The third kappa shape index (κ3) is 3.59. The number of ether oxygens (including phenoxy) is 1. The predicted octanol–water partition coefficient (Wildman–Crippen LogP) is 2.99. The number of hydrogen-bond acceptors (Lipinski definition) is 5. The SMILES string of the molecule is CCCNCc1sc(-c2ccncc2F)nc1COC. The quantitative estimate of drug-likeness (QED) is 0.798. The molecule has 0 aliphatic heterocycles. The zero-order chi connectivity index (χ0) is 14.4. The minimum Gasteiger partial charge on any atom is -0.378 e. The lowest BCUT2D eigenvalue weighted by Crippen LogP contribution is -2.14. The zero-order valence-electron chi connectivity index (χ0n) is 11.6. The van der Waals surface area contributed by atoms with E-state index in [9.17, 15) is 4.39 Å². The van der Waals surface area contributed by atoms with Gasteiger partial charge in [0.1, 0.15) is 5.01 Å². The molecule has 0 aliphatic rings. The van der Waals surface area contributed by atoms with Gasteiger partial charge in [-0.2, -0.15) is 0 Å². The molecule has 0 saturated carbocycles. The first-order valence-electron chi connectivity index (χ1n) is 6.54. The van der Waals surface area contributed by atoms with Crippen molar-refractivity contribution in [1.82, 2.24) is 15.3 Å². The molecule has 6 heteroatoms. The van der Waals surface area contributed by atoms with Crippen LogP contribution in [0.5, 0.6) is 0 Å². The summed E-state index contributed by atoms with van der Waals surface area (Å²) in [5.74, 6) is -0.349. The van der Waals surface area contributed by atoms with E-state index in [0.29, 0.717) is 17.2 Å². The van der Waals surface area contributed by atoms with E-state index in [1.807, 2.05) is 0 Å². The fraction of sp³-hybridized carbons (Fsp3) is 0.429. The molecule has 0 spiro atoms. The van der Waals surface area contributed by atoms with Gasteiger partial charge in [-0.1, -0.05) is 6.92 Å². The highest BCUT2D eigenvalue weighted by Gasteiger charge is 2.14. The van der Waals surface area contributed by atoms with Gasteiger partial charge in [0.25, 0.3) is 0 Å². The normalized spacial score (nSPS) is 10.9. The molecule has 1 N–H and O–H groups in total. The first-order chi connectivity index (χ1) is 9.76. The Morgan fingerprint density at radius 2 is 2.30 bits per heavy atom. The van der Waals surface area contributed by atoms with Crippen molar-refractivity contribution in [2.24, 2.45) is 0 Å². The fourth-order valence-electron chi connectivity index (χ4n) is 1.81. The number of pyridine rings is 1. The Morgan fingerprint density at radius 1 is 1.45 bits per heavy atom. The van der Waals surface area contributed by atoms with Crippen molar-refractivity contribution in [3.05, 3.63) is 34.8 Å². The van der Waals surface area contributed by atoms with Crippen LogP contribution in [0.3, 0.4) is 0 Å². The molecule has 0 atom stereocenters. The molecule has 0 aromatic carbocycles. The van der Waals surface area contributed by atoms with E-state index in [-0.39, 0.29) is 5.82 Å². The smallest absolute Gasteiger partial charge is 0.151 e. The van der Waals surface area contributed by atoms with Gasteiger partial charge in [-0.15, -0.1) is 11.3 Å². The Morgan fingerprint density at radius 3 is 3.00 bits per heavy atom. The number of nitrogens with one attached hydrogen (secondary N) is 1. The first-order valence-corrected chi connectivity index (χ1v) is 7.36. The monoisotopic (exact) mass is 295 g/mol. The van der Waals surface area contributed by atoms with E-state index in [4.69, 9.17) is 4.74 Å². The van der Waals surface area contributed by atoms with Gasteiger partial charge in [-0.25, -0.2) is 9.37 Å². The lowest BCUT2D eigenvalue weighted by atomic mass is 10.2. The van der Waals surface area contributed by atoms with Crippen LogP contribution in [0.15, 0.2) is 18.5 Å². The van der Waals surface area contributed by atoms with Gasteiger partial charge < -0.3 is 10.1 Å². The molecule has 0 amide bonds. The Balaban J connectivity index is 2.26. The van der Waals surface area contributed by atoms with Crippen molar-refractivity contribution in [2.75, 3.05) is 13.7 Å². The Hall–Kier alpha value is -1.37. The fourth-order valence-corrected chi connectivity index (χ4v) is 2.87. The van der Waals surface area contributed by atoms with Gasteiger partial charge in [0.05, 0.1) is 18.5 Å². The van der Waals surface area contributed by atoms with Gasteiger partial charge in [-0.3, -0.25) is 4.98 Å². The zero-order valence-corrected chi connectivity index (χ0v) is 12.5. The number of halogens is 1. The molecule has 2 rings (SSSR count). The van der Waals surface area contributed by atoms with E-state index in [0.717, 1.165) is 30.1 Å². The van der Waals surface area contributed by atoms with Crippen LogP contribution in [0.1, 0.15) is 23.9 Å². The highest BCUT2D eigenvalue weighted by Crippen LogP contribution is 2.29. The van der Waals surface area contributed by atoms with E-state index >= 15 is 0 Å². The molecule has 2 heterocycles. The molecule has 0 radical (unpaired) electrons. The predicted molar refractivity (Wildman–Crippen MR) is 78.0 cm³/mol. The minimum atomic E-state index is -0.349. The van der Waals surface area contributed by atoms with Gasteiger partial charge in [0.15, 0.2) is 5.82 Å². The molecule has 2 aromatic rings. The molecule has 2 aromatic heterocycles. The standard InChI is InChI=1S/C14H18FN3OS/c1-3-5-16-8-13-12(9-19-2)18-14(20-13)10-4-6-17-7-11(10)15/h4,6-7,16H,3,5,8-9H2,1-2H3. The van der Waals surface area contributed by atoms with Crippen molar-refractivity contribution < 1.29 is 9.13 Å². The highest BCUT2D eigenvalue weighted by atomic mass is 32.1. The number of nitrogens with zero attached hydrogens (tertiary/aromatic N) is 2. The number of aromatic nitrogens is 2. The summed E-state index contributed by atoms with van der Waals surface area (Å²) in [6, 6.07) is 1.65. The van der Waals surface area contributed by atoms with Crippen LogP contribution >= 0.6 is 11.3 Å². The summed E-state index contributed by atoms with van der Waals surface area (Å²) in [4.78, 5) is 9.35. The Kier molecular flexibility index (Phi) is 5.58. The van der Waals surface area contributed by atoms with Crippen LogP contribution in [0.2, 0.25) is 0 Å². The lowest BCUT2D eigenvalue weighted by Gasteiger charge is -2.02. The third-order valence-electron chi connectivity index (χ3n) is 2.77. The average molecular weight is 295 g/mol. The van der Waals surface area contributed by atoms with Gasteiger partial charge in [0.2, 0.25) is 0 Å². The summed E-state index contributed by atoms with van der Waals surface area (Å²) in [5.41, 5.74) is 1.36. The third-order valence-corrected chi connectivity index (χ3v) is 3.91. The van der Waals surface area contributed by atoms with Crippen molar-refractivity contribution in [3.63, 3.8) is 0 Å². The molecular weight excluding hydrogens is 277 g/mol. The topological polar surface area (TPSA) is 47.0 Å². The Bertz CT molecular complexity index is 559. The Labute approximate surface area is 122 Å². The van der Waals surface area contributed by atoms with E-state index < -0.39 is 0 Å². The van der Waals surface area contributed by atoms with Crippen molar-refractivity contribution >= 4 is 11.3 Å². The van der Waals surface area contributed by atoms with Crippen LogP contribution in [0.25, 0.3) is 10.6 Å². The summed E-state index contributed by atoms with van der Waals surface area (Å²) in [5, 5.41) is 4.01. The number of rotatable bonds is 7. The molecule has 0 unspecified atom stereocenters. The average Bonchev–Trinajstić information content (AvgIpc) is 2.83. The largest absolute Gasteiger partial charge is 0.378 e. The van der Waals surface area contributed by atoms with Crippen LogP contribution in [0, 0.1) is 5.82 Å². The summed E-state index contributed by atoms with van der Waals surface area (Å²) >= 11 is 1.50. The van der Waals surface area contributed by atoms with Crippen molar-refractivity contribution in [3.8, 4) is 10.6 Å². The maximum atomic E-state index is 13.8. The van der Waals surface area contributed by atoms with Gasteiger partial charge >= 0.3 is 0 Å². The van der Waals surface area contributed by atoms with Gasteiger partial charge in [-0.05, 0) is 19.0 Å². The summed E-state index contributed by atoms with van der Waals surface area (Å²) in [6.45, 7) is 4.24. The molecule has 20 heavy (non-hydrogen) atoms. The second-order valence-corrected chi connectivity index (χ2v) is 5.44. The van der Waals surface area contributed by atoms with E-state index in [1.165, 1.54) is 17.5 Å². The van der Waals surface area contributed by atoms with Crippen LogP contribution in [-0.2, 0) is 17.9 Å². The molecule has 4 nitrogen and oxygen atoms in total. The molecule has 0 fully saturated rings. The number of thiazole rings is 1. The van der Waals surface area contributed by atoms with Crippen LogP contribution < -0.4 is 5.32 Å². The van der Waals surface area contributed by atoms with Crippen LogP contribution in [-0.4, -0.2) is 23.6 Å². The maximum absolute atomic E-state index is 13.8. The number of methoxy groups -OCH3 is 1. The maximum Gasteiger partial charge on any atom is 0.151 e. The molecule has 0 aliphatic carbocycles. The van der Waals surface area contributed by atoms with Gasteiger partial charge in [0, 0.05) is 30.3 Å². The second kappa shape index (κ2) is 7.42. The summed E-state index contributed by atoms with van der Waals surface area (Å²) < 4.78 is 18.9. The summed E-state index contributed by atoms with van der Waals surface area (Å²) in [6.07, 6.45) is 3.86. The first kappa shape index (κ1) is 15.0. The van der Waals surface area contributed by atoms with Crippen molar-refractivity contribution in [2.45, 2.75) is 26.5 Å². The lowest BCUT2D eigenvalue weighted by molar-refractivity contribution is 0.181. The minimum absolute atomic E-state index is 0.349. The molecule has 0 saturated heterocycles. The number of hydrogen-bond donors (Lipinski definition) is 1. The molecular formula is C14H18FN3OS. The highest BCUT2D eigenvalue weighted by molar-refractivity contribution is 7.15. The molecule has 0 bridgehead atoms. The molecule has 108 valence electrons. The van der Waals surface area contributed by atoms with E-state index in [2.05, 4.69) is 22.2 Å². The van der Waals surface area contributed by atoms with Crippen molar-refractivity contribution in [1.29, 1.82) is 0 Å².